The Labute approximate surface area is 190 Å². The van der Waals surface area contributed by atoms with Crippen molar-refractivity contribution in [3.63, 3.8) is 0 Å². The van der Waals surface area contributed by atoms with E-state index in [0.717, 1.165) is 35.5 Å². The van der Waals surface area contributed by atoms with Crippen molar-refractivity contribution < 1.29 is 14.3 Å². The molecular weight excluding hydrogens is 424 g/mol. The van der Waals surface area contributed by atoms with Gasteiger partial charge in [0.05, 0.1) is 11.6 Å². The molecule has 0 radical (unpaired) electrons. The van der Waals surface area contributed by atoms with Gasteiger partial charge in [0.1, 0.15) is 5.69 Å². The number of rotatable bonds is 3. The molecule has 1 N–H and O–H groups in total. The first-order chi connectivity index (χ1) is 15.6. The lowest BCUT2D eigenvalue weighted by Gasteiger charge is -2.30. The van der Waals surface area contributed by atoms with Crippen LogP contribution in [0.2, 0.25) is 0 Å². The summed E-state index contributed by atoms with van der Waals surface area (Å²) < 4.78 is 5.00. The first kappa shape index (κ1) is 20.6. The number of fused-ring (bicyclic) bond motifs is 3. The number of nitrogens with zero attached hydrogens (tertiary/aromatic N) is 3. The zero-order valence-corrected chi connectivity index (χ0v) is 18.5. The van der Waals surface area contributed by atoms with E-state index in [9.17, 15) is 9.59 Å². The highest BCUT2D eigenvalue weighted by Crippen LogP contribution is 2.32. The fraction of sp³-hybridized carbons (Fsp3) is 0.375. The summed E-state index contributed by atoms with van der Waals surface area (Å²) in [6.45, 7) is 2.47. The fourth-order valence-electron chi connectivity index (χ4n) is 4.61. The molecular formula is C24H24N4O3S. The number of likely N-dealkylation sites (tertiary alicyclic amines) is 1. The Kier molecular flexibility index (Phi) is 5.58. The van der Waals surface area contributed by atoms with Crippen LogP contribution in [0.4, 0.5) is 4.79 Å². The van der Waals surface area contributed by atoms with Crippen LogP contribution in [0.5, 0.6) is 0 Å². The number of benzene rings is 1. The molecule has 7 nitrogen and oxygen atoms in total. The third-order valence-corrected chi connectivity index (χ3v) is 7.30. The average molecular weight is 449 g/mol. The van der Waals surface area contributed by atoms with Crippen LogP contribution in [0.1, 0.15) is 45.5 Å². The molecule has 1 saturated heterocycles. The van der Waals surface area contributed by atoms with Gasteiger partial charge in [0.15, 0.2) is 6.61 Å². The number of amides is 2. The molecule has 0 aliphatic carbocycles. The molecule has 1 aromatic carbocycles. The third-order valence-electron chi connectivity index (χ3n) is 6.29. The molecule has 0 bridgehead atoms. The quantitative estimate of drug-likeness (QED) is 0.619. The van der Waals surface area contributed by atoms with E-state index in [2.05, 4.69) is 34.1 Å². The zero-order chi connectivity index (χ0) is 22.1. The number of thiazole rings is 1. The van der Waals surface area contributed by atoms with Crippen LogP contribution in [0.3, 0.4) is 0 Å². The number of H-pyrrole nitrogens is 1. The molecule has 164 valence electrons. The molecule has 4 heterocycles. The van der Waals surface area contributed by atoms with Gasteiger partial charge in [0, 0.05) is 47.5 Å². The Morgan fingerprint density at radius 1 is 1.22 bits per heavy atom. The number of aromatic amines is 1. The minimum Gasteiger partial charge on any atom is -0.436 e. The van der Waals surface area contributed by atoms with E-state index in [1.165, 1.54) is 22.3 Å². The summed E-state index contributed by atoms with van der Waals surface area (Å²) in [6, 6.07) is 8.28. The van der Waals surface area contributed by atoms with Gasteiger partial charge in [-0.1, -0.05) is 24.1 Å². The Hall–Kier alpha value is -3.31. The molecule has 0 saturated carbocycles. The lowest BCUT2D eigenvalue weighted by molar-refractivity contribution is 0.0727. The largest absolute Gasteiger partial charge is 0.436 e. The standard InChI is InChI=1S/C24H24N4O3S/c1-2-13-31-24(30)27-10-7-16(8-11-27)22-26-21(15-32-22)23(29)28-12-9-18-17-5-3-4-6-19(17)25-20(18)14-28/h1,3-6,15-16,25H,7-14H2. The predicted octanol–water partition coefficient (Wildman–Crippen LogP) is 3.77. The summed E-state index contributed by atoms with van der Waals surface area (Å²) in [4.78, 5) is 36.8. The smallest absolute Gasteiger partial charge is 0.410 e. The maximum absolute atomic E-state index is 13.1. The number of carbonyl (C=O) groups is 2. The highest BCUT2D eigenvalue weighted by Gasteiger charge is 2.29. The van der Waals surface area contributed by atoms with Gasteiger partial charge in [-0.2, -0.15) is 0 Å². The molecule has 2 aliphatic heterocycles. The molecule has 8 heteroatoms. The van der Waals surface area contributed by atoms with Gasteiger partial charge in [-0.3, -0.25) is 4.79 Å². The monoisotopic (exact) mass is 448 g/mol. The normalized spacial score (nSPS) is 16.6. The summed E-state index contributed by atoms with van der Waals surface area (Å²) in [7, 11) is 0. The van der Waals surface area contributed by atoms with Gasteiger partial charge >= 0.3 is 6.09 Å². The SMILES string of the molecule is C#CCOC(=O)N1CCC(c2nc(C(=O)N3CCc4c([nH]c5ccccc45)C3)cs2)CC1. The molecule has 2 aliphatic rings. The van der Waals surface area contributed by atoms with Gasteiger partial charge in [-0.25, -0.2) is 9.78 Å². The lowest BCUT2D eigenvalue weighted by Crippen LogP contribution is -2.38. The van der Waals surface area contributed by atoms with Crippen molar-refractivity contribution in [2.45, 2.75) is 31.7 Å². The summed E-state index contributed by atoms with van der Waals surface area (Å²) in [6.07, 6.45) is 7.22. The Morgan fingerprint density at radius 2 is 2.03 bits per heavy atom. The van der Waals surface area contributed by atoms with Crippen molar-refractivity contribution in [3.8, 4) is 12.3 Å². The highest BCUT2D eigenvalue weighted by atomic mass is 32.1. The van der Waals surface area contributed by atoms with Gasteiger partial charge in [-0.05, 0) is 30.9 Å². The minimum absolute atomic E-state index is 0.00673. The summed E-state index contributed by atoms with van der Waals surface area (Å²) >= 11 is 1.53. The number of nitrogens with one attached hydrogen (secondary N) is 1. The number of carbonyl (C=O) groups excluding carboxylic acids is 2. The number of piperidine rings is 1. The van der Waals surface area contributed by atoms with E-state index >= 15 is 0 Å². The summed E-state index contributed by atoms with van der Waals surface area (Å²) in [5.74, 6) is 2.54. The van der Waals surface area contributed by atoms with Gasteiger partial charge in [0.25, 0.3) is 5.91 Å². The van der Waals surface area contributed by atoms with Crippen LogP contribution in [0.15, 0.2) is 29.6 Å². The summed E-state index contributed by atoms with van der Waals surface area (Å²) in [5.41, 5.74) is 4.07. The van der Waals surface area contributed by atoms with Gasteiger partial charge < -0.3 is 19.5 Å². The van der Waals surface area contributed by atoms with Gasteiger partial charge in [0.2, 0.25) is 0 Å². The maximum Gasteiger partial charge on any atom is 0.410 e. The van der Waals surface area contributed by atoms with Crippen LogP contribution >= 0.6 is 11.3 Å². The first-order valence-electron chi connectivity index (χ1n) is 10.8. The number of terminal acetylenes is 1. The van der Waals surface area contributed by atoms with Crippen LogP contribution in [-0.4, -0.2) is 58.0 Å². The number of hydrogen-bond donors (Lipinski definition) is 1. The van der Waals surface area contributed by atoms with Crippen LogP contribution in [0, 0.1) is 12.3 Å². The van der Waals surface area contributed by atoms with Crippen molar-refractivity contribution >= 4 is 34.2 Å². The lowest BCUT2D eigenvalue weighted by atomic mass is 9.98. The number of para-hydroxylation sites is 1. The topological polar surface area (TPSA) is 78.5 Å². The average Bonchev–Trinajstić information content (AvgIpc) is 3.47. The minimum atomic E-state index is -0.363. The van der Waals surface area contributed by atoms with Crippen LogP contribution in [-0.2, 0) is 17.7 Å². The molecule has 0 unspecified atom stereocenters. The van der Waals surface area contributed by atoms with Crippen molar-refractivity contribution in [1.29, 1.82) is 0 Å². The van der Waals surface area contributed by atoms with E-state index in [-0.39, 0.29) is 24.5 Å². The molecule has 0 atom stereocenters. The van der Waals surface area contributed by atoms with E-state index in [4.69, 9.17) is 11.2 Å². The van der Waals surface area contributed by atoms with Crippen molar-refractivity contribution in [2.75, 3.05) is 26.2 Å². The van der Waals surface area contributed by atoms with E-state index in [1.54, 1.807) is 4.90 Å². The van der Waals surface area contributed by atoms with Crippen molar-refractivity contribution in [2.24, 2.45) is 0 Å². The second-order valence-electron chi connectivity index (χ2n) is 8.20. The first-order valence-corrected chi connectivity index (χ1v) is 11.7. The van der Waals surface area contributed by atoms with E-state index in [1.807, 2.05) is 16.3 Å². The maximum atomic E-state index is 13.1. The second-order valence-corrected chi connectivity index (χ2v) is 9.09. The molecule has 0 spiro atoms. The van der Waals surface area contributed by atoms with Crippen LogP contribution in [0.25, 0.3) is 10.9 Å². The van der Waals surface area contributed by atoms with Crippen LogP contribution < -0.4 is 0 Å². The molecule has 2 amide bonds. The van der Waals surface area contributed by atoms with E-state index < -0.39 is 0 Å². The fourth-order valence-corrected chi connectivity index (χ4v) is 5.57. The molecule has 5 rings (SSSR count). The highest BCUT2D eigenvalue weighted by molar-refractivity contribution is 7.09. The number of aromatic nitrogens is 2. The molecule has 3 aromatic rings. The Bertz CT molecular complexity index is 1200. The van der Waals surface area contributed by atoms with E-state index in [0.29, 0.717) is 31.9 Å². The molecule has 1 fully saturated rings. The van der Waals surface area contributed by atoms with Crippen molar-refractivity contribution in [3.05, 3.63) is 51.6 Å². The van der Waals surface area contributed by atoms with Gasteiger partial charge in [-0.15, -0.1) is 17.8 Å². The molecule has 32 heavy (non-hydrogen) atoms. The Morgan fingerprint density at radius 3 is 2.84 bits per heavy atom. The second kappa shape index (κ2) is 8.67. The third kappa shape index (κ3) is 3.84. The number of ether oxygens (including phenoxy) is 1. The Balaban J connectivity index is 1.22. The summed E-state index contributed by atoms with van der Waals surface area (Å²) in [5, 5.41) is 4.08. The van der Waals surface area contributed by atoms with Crippen molar-refractivity contribution in [1.82, 2.24) is 19.8 Å². The number of hydrogen-bond acceptors (Lipinski definition) is 5. The predicted molar refractivity (Wildman–Crippen MR) is 123 cm³/mol. The zero-order valence-electron chi connectivity index (χ0n) is 17.7. The molecule has 2 aromatic heterocycles.